The predicted octanol–water partition coefficient (Wildman–Crippen LogP) is 2.04. The van der Waals surface area contributed by atoms with Crippen LogP contribution >= 0.6 is 12.2 Å². The molecule has 1 aromatic carbocycles. The third kappa shape index (κ3) is 7.78. The molecule has 0 saturated heterocycles. The van der Waals surface area contributed by atoms with Crippen molar-refractivity contribution in [2.75, 3.05) is 19.8 Å². The lowest BCUT2D eigenvalue weighted by Gasteiger charge is -2.08. The number of thiocarbonyl (C=S) groups is 1. The highest BCUT2D eigenvalue weighted by molar-refractivity contribution is 7.80. The first-order valence-corrected chi connectivity index (χ1v) is 7.63. The fourth-order valence-electron chi connectivity index (χ4n) is 1.76. The molecule has 0 atom stereocenters. The van der Waals surface area contributed by atoms with E-state index in [9.17, 15) is 4.79 Å². The quantitative estimate of drug-likeness (QED) is 0.541. The number of carbonyl (C=O) groups is 1. The number of hydrogen-bond donors (Lipinski definition) is 2. The Labute approximate surface area is 132 Å². The van der Waals surface area contributed by atoms with Gasteiger partial charge in [0.1, 0.15) is 4.99 Å². The molecule has 1 amide bonds. The molecular weight excluding hydrogens is 284 g/mol. The van der Waals surface area contributed by atoms with E-state index in [1.165, 1.54) is 0 Å². The average molecular weight is 308 g/mol. The minimum atomic E-state index is 0.0157. The third-order valence-electron chi connectivity index (χ3n) is 2.84. The van der Waals surface area contributed by atoms with Crippen LogP contribution in [0.15, 0.2) is 24.3 Å². The zero-order valence-electron chi connectivity index (χ0n) is 12.7. The molecule has 0 unspecified atom stereocenters. The Balaban J connectivity index is 2.20. The number of carbonyl (C=O) groups excluding carboxylic acids is 1. The monoisotopic (exact) mass is 308 g/mol. The SMILES string of the molecule is CC(C)COCCCNC(=O)Cc1ccc(C(N)=S)cc1. The summed E-state index contributed by atoms with van der Waals surface area (Å²) in [5.74, 6) is 0.561. The Morgan fingerprint density at radius 2 is 2.00 bits per heavy atom. The molecule has 0 radical (unpaired) electrons. The summed E-state index contributed by atoms with van der Waals surface area (Å²) in [7, 11) is 0. The van der Waals surface area contributed by atoms with Gasteiger partial charge in [0.2, 0.25) is 5.91 Å². The van der Waals surface area contributed by atoms with Gasteiger partial charge in [-0.25, -0.2) is 0 Å². The number of nitrogens with one attached hydrogen (secondary N) is 1. The van der Waals surface area contributed by atoms with Crippen LogP contribution in [-0.4, -0.2) is 30.7 Å². The van der Waals surface area contributed by atoms with Crippen molar-refractivity contribution in [3.05, 3.63) is 35.4 Å². The van der Waals surface area contributed by atoms with E-state index in [2.05, 4.69) is 19.2 Å². The van der Waals surface area contributed by atoms with Gasteiger partial charge in [-0.2, -0.15) is 0 Å². The van der Waals surface area contributed by atoms with Crippen molar-refractivity contribution in [3.8, 4) is 0 Å². The largest absolute Gasteiger partial charge is 0.389 e. The second-order valence-electron chi connectivity index (χ2n) is 5.41. The molecule has 0 bridgehead atoms. The van der Waals surface area contributed by atoms with Gasteiger partial charge in [0.25, 0.3) is 0 Å². The molecule has 21 heavy (non-hydrogen) atoms. The smallest absolute Gasteiger partial charge is 0.224 e. The van der Waals surface area contributed by atoms with Crippen LogP contribution in [0.3, 0.4) is 0 Å². The van der Waals surface area contributed by atoms with Crippen molar-refractivity contribution in [1.82, 2.24) is 5.32 Å². The van der Waals surface area contributed by atoms with Crippen LogP contribution in [0, 0.1) is 5.92 Å². The van der Waals surface area contributed by atoms with Crippen LogP contribution in [0.2, 0.25) is 0 Å². The van der Waals surface area contributed by atoms with Gasteiger partial charge in [-0.05, 0) is 17.9 Å². The molecule has 4 nitrogen and oxygen atoms in total. The minimum absolute atomic E-state index is 0.0157. The normalized spacial score (nSPS) is 10.6. The summed E-state index contributed by atoms with van der Waals surface area (Å²) in [6, 6.07) is 7.43. The molecule has 0 aliphatic heterocycles. The van der Waals surface area contributed by atoms with Gasteiger partial charge in [0, 0.05) is 25.3 Å². The third-order valence-corrected chi connectivity index (χ3v) is 3.08. The van der Waals surface area contributed by atoms with Crippen LogP contribution in [0.5, 0.6) is 0 Å². The van der Waals surface area contributed by atoms with Crippen LogP contribution < -0.4 is 11.1 Å². The standard InChI is InChI=1S/C16H24N2O2S/c1-12(2)11-20-9-3-8-18-15(19)10-13-4-6-14(7-5-13)16(17)21/h4-7,12H,3,8-11H2,1-2H3,(H2,17,21)(H,18,19). The number of benzene rings is 1. The summed E-state index contributed by atoms with van der Waals surface area (Å²) < 4.78 is 5.46. The zero-order valence-corrected chi connectivity index (χ0v) is 13.5. The van der Waals surface area contributed by atoms with E-state index in [1.807, 2.05) is 24.3 Å². The number of hydrogen-bond acceptors (Lipinski definition) is 3. The Morgan fingerprint density at radius 1 is 1.33 bits per heavy atom. The lowest BCUT2D eigenvalue weighted by Crippen LogP contribution is -2.27. The van der Waals surface area contributed by atoms with E-state index in [4.69, 9.17) is 22.7 Å². The molecule has 3 N–H and O–H groups in total. The first-order valence-electron chi connectivity index (χ1n) is 7.22. The molecule has 0 heterocycles. The van der Waals surface area contributed by atoms with E-state index in [0.717, 1.165) is 24.2 Å². The number of ether oxygens (including phenoxy) is 1. The molecule has 0 aromatic heterocycles. The second kappa shape index (κ2) is 9.47. The van der Waals surface area contributed by atoms with E-state index in [1.54, 1.807) is 0 Å². The number of amides is 1. The van der Waals surface area contributed by atoms with Crippen LogP contribution in [0.25, 0.3) is 0 Å². The molecule has 0 aliphatic carbocycles. The summed E-state index contributed by atoms with van der Waals surface area (Å²) in [5, 5.41) is 2.89. The van der Waals surface area contributed by atoms with Gasteiger partial charge in [-0.15, -0.1) is 0 Å². The Kier molecular flexibility index (Phi) is 7.93. The van der Waals surface area contributed by atoms with Gasteiger partial charge in [0.15, 0.2) is 0 Å². The summed E-state index contributed by atoms with van der Waals surface area (Å²) in [6.07, 6.45) is 1.20. The minimum Gasteiger partial charge on any atom is -0.389 e. The Morgan fingerprint density at radius 3 is 2.57 bits per heavy atom. The fourth-order valence-corrected chi connectivity index (χ4v) is 1.89. The van der Waals surface area contributed by atoms with Gasteiger partial charge in [-0.1, -0.05) is 50.3 Å². The van der Waals surface area contributed by atoms with Gasteiger partial charge >= 0.3 is 0 Å². The van der Waals surface area contributed by atoms with Crippen molar-refractivity contribution in [1.29, 1.82) is 0 Å². The molecule has 116 valence electrons. The van der Waals surface area contributed by atoms with Crippen LogP contribution in [-0.2, 0) is 16.0 Å². The molecule has 1 aromatic rings. The highest BCUT2D eigenvalue weighted by Crippen LogP contribution is 2.05. The van der Waals surface area contributed by atoms with Gasteiger partial charge < -0.3 is 15.8 Å². The number of nitrogens with two attached hydrogens (primary N) is 1. The fraction of sp³-hybridized carbons (Fsp3) is 0.500. The molecule has 1 rings (SSSR count). The maximum atomic E-state index is 11.8. The van der Waals surface area contributed by atoms with Crippen molar-refractivity contribution >= 4 is 23.1 Å². The number of rotatable bonds is 9. The molecule has 0 fully saturated rings. The summed E-state index contributed by atoms with van der Waals surface area (Å²) in [4.78, 5) is 12.1. The topological polar surface area (TPSA) is 64.3 Å². The summed E-state index contributed by atoms with van der Waals surface area (Å²) >= 11 is 4.89. The summed E-state index contributed by atoms with van der Waals surface area (Å²) in [6.45, 7) is 6.32. The van der Waals surface area contributed by atoms with E-state index >= 15 is 0 Å². The van der Waals surface area contributed by atoms with E-state index < -0.39 is 0 Å². The molecule has 0 saturated carbocycles. The van der Waals surface area contributed by atoms with Crippen LogP contribution in [0.4, 0.5) is 0 Å². The van der Waals surface area contributed by atoms with Crippen molar-refractivity contribution in [2.24, 2.45) is 11.7 Å². The Bertz CT molecular complexity index is 458. The lowest BCUT2D eigenvalue weighted by atomic mass is 10.1. The molecule has 0 aliphatic rings. The second-order valence-corrected chi connectivity index (χ2v) is 5.85. The van der Waals surface area contributed by atoms with Gasteiger partial charge in [-0.3, -0.25) is 4.79 Å². The highest BCUT2D eigenvalue weighted by Gasteiger charge is 2.03. The summed E-state index contributed by atoms with van der Waals surface area (Å²) in [5.41, 5.74) is 7.29. The highest BCUT2D eigenvalue weighted by atomic mass is 32.1. The molecular formula is C16H24N2O2S. The first kappa shape index (κ1) is 17.6. The van der Waals surface area contributed by atoms with E-state index in [-0.39, 0.29) is 5.91 Å². The first-order chi connectivity index (χ1) is 9.99. The Hall–Kier alpha value is -1.46. The van der Waals surface area contributed by atoms with Crippen molar-refractivity contribution < 1.29 is 9.53 Å². The maximum Gasteiger partial charge on any atom is 0.224 e. The molecule has 5 heteroatoms. The average Bonchev–Trinajstić information content (AvgIpc) is 2.43. The van der Waals surface area contributed by atoms with Crippen LogP contribution in [0.1, 0.15) is 31.4 Å². The lowest BCUT2D eigenvalue weighted by molar-refractivity contribution is -0.120. The zero-order chi connectivity index (χ0) is 15.7. The predicted molar refractivity (Wildman–Crippen MR) is 89.3 cm³/mol. The van der Waals surface area contributed by atoms with Gasteiger partial charge in [0.05, 0.1) is 6.42 Å². The van der Waals surface area contributed by atoms with Crippen molar-refractivity contribution in [2.45, 2.75) is 26.7 Å². The van der Waals surface area contributed by atoms with Crippen molar-refractivity contribution in [3.63, 3.8) is 0 Å². The van der Waals surface area contributed by atoms with E-state index in [0.29, 0.717) is 30.5 Å². The maximum absolute atomic E-state index is 11.8. The molecule has 0 spiro atoms.